The molecule has 5 heteroatoms. The Morgan fingerprint density at radius 3 is 2.54 bits per heavy atom. The molecule has 0 spiro atoms. The molecule has 2 atom stereocenters. The number of carbonyl (C=O) groups excluding carboxylic acids is 1. The Kier molecular flexibility index (Phi) is 6.23. The molecule has 1 aromatic carbocycles. The zero-order chi connectivity index (χ0) is 18.4. The van der Waals surface area contributed by atoms with Crippen LogP contribution >= 0.6 is 0 Å². The molecule has 1 amide bonds. The minimum atomic E-state index is 0.136. The van der Waals surface area contributed by atoms with Crippen molar-refractivity contribution in [3.8, 4) is 5.75 Å². The van der Waals surface area contributed by atoms with Crippen LogP contribution in [-0.4, -0.2) is 42.1 Å². The average Bonchev–Trinajstić information content (AvgIpc) is 2.68. The third-order valence-electron chi connectivity index (χ3n) is 4.98. The molecule has 26 heavy (non-hydrogen) atoms. The maximum atomic E-state index is 11.8. The van der Waals surface area contributed by atoms with Gasteiger partial charge in [0.05, 0.1) is 19.8 Å². The number of ether oxygens (including phenoxy) is 2. The van der Waals surface area contributed by atoms with Gasteiger partial charge in [-0.05, 0) is 48.2 Å². The molecule has 1 aliphatic rings. The number of hydrogen-bond donors (Lipinski definition) is 0. The van der Waals surface area contributed by atoms with Gasteiger partial charge < -0.3 is 14.4 Å². The predicted octanol–water partition coefficient (Wildman–Crippen LogP) is 3.09. The lowest BCUT2D eigenvalue weighted by atomic mass is 9.88. The molecule has 1 saturated heterocycles. The molecule has 0 bridgehead atoms. The second-order valence-electron chi connectivity index (χ2n) is 6.77. The highest BCUT2D eigenvalue weighted by Crippen LogP contribution is 2.26. The lowest BCUT2D eigenvalue weighted by Crippen LogP contribution is -2.46. The Labute approximate surface area is 155 Å². The number of amides is 1. The van der Waals surface area contributed by atoms with E-state index in [2.05, 4.69) is 17.1 Å². The number of pyridine rings is 1. The summed E-state index contributed by atoms with van der Waals surface area (Å²) in [5.41, 5.74) is 2.36. The number of aromatic nitrogens is 1. The number of benzene rings is 1. The Morgan fingerprint density at radius 1 is 1.15 bits per heavy atom. The molecule has 0 radical (unpaired) electrons. The Morgan fingerprint density at radius 2 is 1.88 bits per heavy atom. The van der Waals surface area contributed by atoms with Gasteiger partial charge in [0.1, 0.15) is 5.75 Å². The number of nitrogens with zero attached hydrogens (tertiary/aromatic N) is 2. The van der Waals surface area contributed by atoms with Crippen molar-refractivity contribution in [2.24, 2.45) is 5.92 Å². The molecule has 2 heterocycles. The number of piperidine rings is 1. The first kappa shape index (κ1) is 18.4. The summed E-state index contributed by atoms with van der Waals surface area (Å²) in [6.45, 7) is 3.72. The van der Waals surface area contributed by atoms with Crippen molar-refractivity contribution >= 4 is 5.91 Å². The summed E-state index contributed by atoms with van der Waals surface area (Å²) >= 11 is 0. The van der Waals surface area contributed by atoms with Crippen molar-refractivity contribution < 1.29 is 14.3 Å². The minimum Gasteiger partial charge on any atom is -0.497 e. The van der Waals surface area contributed by atoms with E-state index in [1.807, 2.05) is 29.2 Å². The minimum absolute atomic E-state index is 0.136. The topological polar surface area (TPSA) is 51.7 Å². The van der Waals surface area contributed by atoms with Crippen molar-refractivity contribution in [1.29, 1.82) is 0 Å². The van der Waals surface area contributed by atoms with Crippen LogP contribution in [0.15, 0.2) is 48.8 Å². The highest BCUT2D eigenvalue weighted by atomic mass is 16.5. The predicted molar refractivity (Wildman–Crippen MR) is 99.9 cm³/mol. The van der Waals surface area contributed by atoms with E-state index in [0.717, 1.165) is 37.2 Å². The fourth-order valence-corrected chi connectivity index (χ4v) is 3.46. The standard InChI is InChI=1S/C21H26N2O3/c1-16(24)23-12-9-21(26-15-18-7-10-22-11-8-18)19(14-23)13-17-3-5-20(25-2)6-4-17/h3-8,10-11,19,21H,9,12-15H2,1-2H3/t19-,21-/m0/s1. The van der Waals surface area contributed by atoms with Crippen LogP contribution in [0.2, 0.25) is 0 Å². The normalized spacial score (nSPS) is 20.0. The van der Waals surface area contributed by atoms with Gasteiger partial charge in [0.15, 0.2) is 0 Å². The largest absolute Gasteiger partial charge is 0.497 e. The molecule has 1 aliphatic heterocycles. The molecule has 0 unspecified atom stereocenters. The van der Waals surface area contributed by atoms with Crippen molar-refractivity contribution in [2.75, 3.05) is 20.2 Å². The molecule has 3 rings (SSSR count). The molecule has 1 aromatic heterocycles. The van der Waals surface area contributed by atoms with Gasteiger partial charge in [0, 0.05) is 38.3 Å². The van der Waals surface area contributed by atoms with E-state index in [-0.39, 0.29) is 17.9 Å². The van der Waals surface area contributed by atoms with Crippen molar-refractivity contribution in [1.82, 2.24) is 9.88 Å². The van der Waals surface area contributed by atoms with E-state index in [1.165, 1.54) is 5.56 Å². The van der Waals surface area contributed by atoms with Gasteiger partial charge in [-0.3, -0.25) is 9.78 Å². The van der Waals surface area contributed by atoms with Crippen molar-refractivity contribution in [2.45, 2.75) is 32.5 Å². The van der Waals surface area contributed by atoms with Gasteiger partial charge in [-0.1, -0.05) is 12.1 Å². The lowest BCUT2D eigenvalue weighted by molar-refractivity contribution is -0.134. The molecule has 0 N–H and O–H groups in total. The SMILES string of the molecule is COc1ccc(C[C@H]2CN(C(C)=O)CC[C@@H]2OCc2ccncc2)cc1. The Bertz CT molecular complexity index is 703. The van der Waals surface area contributed by atoms with Gasteiger partial charge in [0.25, 0.3) is 0 Å². The molecule has 1 fully saturated rings. The zero-order valence-corrected chi connectivity index (χ0v) is 15.4. The highest BCUT2D eigenvalue weighted by molar-refractivity contribution is 5.73. The molecule has 5 nitrogen and oxygen atoms in total. The van der Waals surface area contributed by atoms with Crippen LogP contribution in [0.4, 0.5) is 0 Å². The summed E-state index contributed by atoms with van der Waals surface area (Å²) in [4.78, 5) is 17.8. The highest BCUT2D eigenvalue weighted by Gasteiger charge is 2.31. The molecule has 2 aromatic rings. The Hall–Kier alpha value is -2.40. The smallest absolute Gasteiger partial charge is 0.219 e. The number of carbonyl (C=O) groups is 1. The number of hydrogen-bond acceptors (Lipinski definition) is 4. The molecule has 0 aliphatic carbocycles. The van der Waals surface area contributed by atoms with E-state index in [0.29, 0.717) is 6.61 Å². The fraction of sp³-hybridized carbons (Fsp3) is 0.429. The first-order valence-electron chi connectivity index (χ1n) is 9.04. The first-order valence-corrected chi connectivity index (χ1v) is 9.04. The summed E-state index contributed by atoms with van der Waals surface area (Å²) in [6, 6.07) is 12.1. The summed E-state index contributed by atoms with van der Waals surface area (Å²) in [5.74, 6) is 1.27. The fourth-order valence-electron chi connectivity index (χ4n) is 3.46. The second kappa shape index (κ2) is 8.81. The number of likely N-dealkylation sites (tertiary alicyclic amines) is 1. The van der Waals surface area contributed by atoms with Crippen LogP contribution in [0.25, 0.3) is 0 Å². The van der Waals surface area contributed by atoms with Gasteiger partial charge in [-0.25, -0.2) is 0 Å². The third kappa shape index (κ3) is 4.82. The van der Waals surface area contributed by atoms with Crippen molar-refractivity contribution in [3.05, 3.63) is 59.9 Å². The van der Waals surface area contributed by atoms with Crippen molar-refractivity contribution in [3.63, 3.8) is 0 Å². The summed E-state index contributed by atoms with van der Waals surface area (Å²) < 4.78 is 11.5. The molecule has 138 valence electrons. The van der Waals surface area contributed by atoms with Gasteiger partial charge in [0.2, 0.25) is 5.91 Å². The average molecular weight is 354 g/mol. The van der Waals surface area contributed by atoms with Crippen LogP contribution in [0.5, 0.6) is 5.75 Å². The second-order valence-corrected chi connectivity index (χ2v) is 6.77. The lowest BCUT2D eigenvalue weighted by Gasteiger charge is -2.38. The third-order valence-corrected chi connectivity index (χ3v) is 4.98. The quantitative estimate of drug-likeness (QED) is 0.800. The van der Waals surface area contributed by atoms with Gasteiger partial charge >= 0.3 is 0 Å². The van der Waals surface area contributed by atoms with E-state index in [4.69, 9.17) is 9.47 Å². The monoisotopic (exact) mass is 354 g/mol. The maximum absolute atomic E-state index is 11.8. The maximum Gasteiger partial charge on any atom is 0.219 e. The van der Waals surface area contributed by atoms with Gasteiger partial charge in [-0.2, -0.15) is 0 Å². The molecular weight excluding hydrogens is 328 g/mol. The first-order chi connectivity index (χ1) is 12.7. The van der Waals surface area contributed by atoms with Crippen LogP contribution < -0.4 is 4.74 Å². The molecular formula is C21H26N2O3. The van der Waals surface area contributed by atoms with Crippen LogP contribution in [0.1, 0.15) is 24.5 Å². The van der Waals surface area contributed by atoms with Crippen LogP contribution in [0, 0.1) is 5.92 Å². The summed E-state index contributed by atoms with van der Waals surface area (Å²) in [5, 5.41) is 0. The van der Waals surface area contributed by atoms with Crippen LogP contribution in [0.3, 0.4) is 0 Å². The molecule has 0 saturated carbocycles. The Balaban J connectivity index is 1.67. The van der Waals surface area contributed by atoms with Gasteiger partial charge in [-0.15, -0.1) is 0 Å². The van der Waals surface area contributed by atoms with E-state index in [9.17, 15) is 4.79 Å². The van der Waals surface area contributed by atoms with E-state index < -0.39 is 0 Å². The zero-order valence-electron chi connectivity index (χ0n) is 15.4. The van der Waals surface area contributed by atoms with E-state index >= 15 is 0 Å². The van der Waals surface area contributed by atoms with Crippen LogP contribution in [-0.2, 0) is 22.6 Å². The van der Waals surface area contributed by atoms with E-state index in [1.54, 1.807) is 26.4 Å². The number of methoxy groups -OCH3 is 1. The summed E-state index contributed by atoms with van der Waals surface area (Å²) in [6.07, 6.45) is 5.46. The summed E-state index contributed by atoms with van der Waals surface area (Å²) in [7, 11) is 1.67. The number of rotatable bonds is 6.